The van der Waals surface area contributed by atoms with Gasteiger partial charge in [-0.2, -0.15) is 0 Å². The highest BCUT2D eigenvalue weighted by atomic mass is 19.1. The summed E-state index contributed by atoms with van der Waals surface area (Å²) in [5.41, 5.74) is 2.10. The molecule has 5 heteroatoms. The van der Waals surface area contributed by atoms with Gasteiger partial charge in [-0.25, -0.2) is 4.39 Å². The number of carbonyl (C=O) groups excluding carboxylic acids is 1. The zero-order chi connectivity index (χ0) is 16.9. The lowest BCUT2D eigenvalue weighted by molar-refractivity contribution is 0.0819. The van der Waals surface area contributed by atoms with Crippen LogP contribution in [0.15, 0.2) is 48.5 Å². The van der Waals surface area contributed by atoms with E-state index in [0.717, 1.165) is 31.6 Å². The molecule has 126 valence electrons. The molecule has 0 unspecified atom stereocenters. The number of methoxy groups -OCH3 is 1. The van der Waals surface area contributed by atoms with E-state index in [1.165, 1.54) is 12.1 Å². The predicted molar refractivity (Wildman–Crippen MR) is 93.0 cm³/mol. The first-order valence-corrected chi connectivity index (χ1v) is 8.10. The third kappa shape index (κ3) is 3.92. The second-order valence-electron chi connectivity index (χ2n) is 5.93. The van der Waals surface area contributed by atoms with Gasteiger partial charge in [0.2, 0.25) is 0 Å². The van der Waals surface area contributed by atoms with Crippen LogP contribution in [-0.4, -0.2) is 32.2 Å². The Morgan fingerprint density at radius 2 is 1.88 bits per heavy atom. The number of anilines is 2. The number of nitrogens with one attached hydrogen (secondary N) is 1. The van der Waals surface area contributed by atoms with E-state index >= 15 is 0 Å². The van der Waals surface area contributed by atoms with Crippen LogP contribution in [0.2, 0.25) is 0 Å². The van der Waals surface area contributed by atoms with Crippen molar-refractivity contribution in [2.75, 3.05) is 30.4 Å². The average Bonchev–Trinajstić information content (AvgIpc) is 2.62. The van der Waals surface area contributed by atoms with E-state index < -0.39 is 0 Å². The molecule has 1 N–H and O–H groups in total. The van der Waals surface area contributed by atoms with E-state index in [-0.39, 0.29) is 11.7 Å². The number of piperidine rings is 1. The molecule has 4 nitrogen and oxygen atoms in total. The third-order valence-electron chi connectivity index (χ3n) is 4.35. The van der Waals surface area contributed by atoms with Gasteiger partial charge in [-0.05, 0) is 55.3 Å². The Hall–Kier alpha value is -2.40. The summed E-state index contributed by atoms with van der Waals surface area (Å²) in [5.74, 6) is -0.618. The second-order valence-corrected chi connectivity index (χ2v) is 5.93. The van der Waals surface area contributed by atoms with Crippen molar-refractivity contribution < 1.29 is 13.9 Å². The Bertz CT molecular complexity index is 695. The lowest BCUT2D eigenvalue weighted by Gasteiger charge is -2.33. The quantitative estimate of drug-likeness (QED) is 0.930. The van der Waals surface area contributed by atoms with Gasteiger partial charge in [0, 0.05) is 37.1 Å². The van der Waals surface area contributed by atoms with Gasteiger partial charge in [-0.3, -0.25) is 4.79 Å². The maximum absolute atomic E-state index is 13.2. The van der Waals surface area contributed by atoms with E-state index in [1.54, 1.807) is 31.4 Å². The van der Waals surface area contributed by atoms with Crippen molar-refractivity contribution in [1.29, 1.82) is 0 Å². The van der Waals surface area contributed by atoms with Gasteiger partial charge in [0.15, 0.2) is 0 Å². The lowest BCUT2D eigenvalue weighted by atomic mass is 10.1. The number of rotatable bonds is 4. The summed E-state index contributed by atoms with van der Waals surface area (Å²) in [5, 5.41) is 2.70. The average molecular weight is 328 g/mol. The summed E-state index contributed by atoms with van der Waals surface area (Å²) in [4.78, 5) is 14.5. The molecular weight excluding hydrogens is 307 g/mol. The molecule has 1 aliphatic heterocycles. The van der Waals surface area contributed by atoms with Crippen LogP contribution in [0.3, 0.4) is 0 Å². The normalized spacial score (nSPS) is 15.3. The number of amides is 1. The second kappa shape index (κ2) is 7.45. The highest BCUT2D eigenvalue weighted by Gasteiger charge is 2.19. The zero-order valence-electron chi connectivity index (χ0n) is 13.7. The summed E-state index contributed by atoms with van der Waals surface area (Å²) in [6, 6.07) is 13.4. The van der Waals surface area contributed by atoms with Crippen LogP contribution in [0, 0.1) is 5.82 Å². The Labute approximate surface area is 141 Å². The molecule has 1 fully saturated rings. The van der Waals surface area contributed by atoms with Crippen molar-refractivity contribution in [2.24, 2.45) is 0 Å². The monoisotopic (exact) mass is 328 g/mol. The van der Waals surface area contributed by atoms with Gasteiger partial charge in [0.25, 0.3) is 5.91 Å². The van der Waals surface area contributed by atoms with Gasteiger partial charge in [-0.15, -0.1) is 0 Å². The fraction of sp³-hybridized carbons (Fsp3) is 0.316. The molecule has 2 aromatic carbocycles. The van der Waals surface area contributed by atoms with E-state index in [0.29, 0.717) is 17.4 Å². The van der Waals surface area contributed by atoms with Crippen LogP contribution in [0.25, 0.3) is 0 Å². The van der Waals surface area contributed by atoms with Gasteiger partial charge in [0.1, 0.15) is 5.82 Å². The van der Waals surface area contributed by atoms with Crippen molar-refractivity contribution >= 4 is 17.3 Å². The van der Waals surface area contributed by atoms with Crippen molar-refractivity contribution in [3.05, 3.63) is 59.9 Å². The predicted octanol–water partition coefficient (Wildman–Crippen LogP) is 3.69. The molecule has 0 aromatic heterocycles. The molecular formula is C19H21FN2O2. The van der Waals surface area contributed by atoms with E-state index in [9.17, 15) is 9.18 Å². The summed E-state index contributed by atoms with van der Waals surface area (Å²) in [7, 11) is 1.76. The van der Waals surface area contributed by atoms with Crippen molar-refractivity contribution in [3.63, 3.8) is 0 Å². The molecule has 2 aromatic rings. The van der Waals surface area contributed by atoms with Gasteiger partial charge < -0.3 is 15.0 Å². The summed E-state index contributed by atoms with van der Waals surface area (Å²) in [6.07, 6.45) is 2.37. The first-order valence-electron chi connectivity index (χ1n) is 8.10. The van der Waals surface area contributed by atoms with Crippen LogP contribution in [-0.2, 0) is 4.74 Å². The number of ether oxygens (including phenoxy) is 1. The van der Waals surface area contributed by atoms with Crippen molar-refractivity contribution in [2.45, 2.75) is 18.9 Å². The summed E-state index contributed by atoms with van der Waals surface area (Å²) >= 11 is 0. The zero-order valence-corrected chi connectivity index (χ0v) is 13.7. The number of carbonyl (C=O) groups is 1. The minimum Gasteiger partial charge on any atom is -0.381 e. The molecule has 1 amide bonds. The number of hydrogen-bond donors (Lipinski definition) is 1. The third-order valence-corrected chi connectivity index (χ3v) is 4.35. The highest BCUT2D eigenvalue weighted by molar-refractivity contribution is 6.04. The summed E-state index contributed by atoms with van der Waals surface area (Å²) < 4.78 is 18.6. The van der Waals surface area contributed by atoms with E-state index in [2.05, 4.69) is 10.2 Å². The highest BCUT2D eigenvalue weighted by Crippen LogP contribution is 2.22. The molecule has 0 saturated carbocycles. The topological polar surface area (TPSA) is 41.6 Å². The maximum Gasteiger partial charge on any atom is 0.255 e. The molecule has 24 heavy (non-hydrogen) atoms. The van der Waals surface area contributed by atoms with Crippen molar-refractivity contribution in [3.8, 4) is 0 Å². The fourth-order valence-electron chi connectivity index (χ4n) is 2.94. The Kier molecular flexibility index (Phi) is 5.11. The van der Waals surface area contributed by atoms with Crippen LogP contribution < -0.4 is 10.2 Å². The number of nitrogens with zero attached hydrogens (tertiary/aromatic N) is 1. The van der Waals surface area contributed by atoms with Crippen molar-refractivity contribution in [1.82, 2.24) is 0 Å². The largest absolute Gasteiger partial charge is 0.381 e. The number of benzene rings is 2. The van der Waals surface area contributed by atoms with Gasteiger partial charge in [-0.1, -0.05) is 6.07 Å². The molecule has 3 rings (SSSR count). The standard InChI is InChI=1S/C19H21FN2O2/c1-24-18-9-11-22(12-10-18)17-7-5-14(6-8-17)19(23)21-16-4-2-3-15(20)13-16/h2-8,13,18H,9-12H2,1H3,(H,21,23). The van der Waals surface area contributed by atoms with E-state index in [1.807, 2.05) is 12.1 Å². The molecule has 0 aliphatic carbocycles. The minimum atomic E-state index is -0.373. The lowest BCUT2D eigenvalue weighted by Crippen LogP contribution is -2.36. The fourth-order valence-corrected chi connectivity index (χ4v) is 2.94. The van der Waals surface area contributed by atoms with Crippen LogP contribution in [0.1, 0.15) is 23.2 Å². The molecule has 1 heterocycles. The molecule has 0 radical (unpaired) electrons. The summed E-state index contributed by atoms with van der Waals surface area (Å²) in [6.45, 7) is 1.90. The molecule has 0 bridgehead atoms. The van der Waals surface area contributed by atoms with Crippen LogP contribution in [0.4, 0.5) is 15.8 Å². The van der Waals surface area contributed by atoms with Crippen LogP contribution >= 0.6 is 0 Å². The first-order chi connectivity index (χ1) is 11.7. The SMILES string of the molecule is COC1CCN(c2ccc(C(=O)Nc3cccc(F)c3)cc2)CC1. The minimum absolute atomic E-state index is 0.245. The first kappa shape index (κ1) is 16.5. The molecule has 0 atom stereocenters. The molecule has 0 spiro atoms. The Morgan fingerprint density at radius 1 is 1.17 bits per heavy atom. The molecule has 1 aliphatic rings. The number of halogens is 1. The van der Waals surface area contributed by atoms with Crippen LogP contribution in [0.5, 0.6) is 0 Å². The number of hydrogen-bond acceptors (Lipinski definition) is 3. The maximum atomic E-state index is 13.2. The van der Waals surface area contributed by atoms with Gasteiger partial charge >= 0.3 is 0 Å². The van der Waals surface area contributed by atoms with Gasteiger partial charge in [0.05, 0.1) is 6.10 Å². The smallest absolute Gasteiger partial charge is 0.255 e. The Balaban J connectivity index is 1.63. The molecule has 1 saturated heterocycles. The van der Waals surface area contributed by atoms with E-state index in [4.69, 9.17) is 4.74 Å². The Morgan fingerprint density at radius 3 is 2.50 bits per heavy atom.